The summed E-state index contributed by atoms with van der Waals surface area (Å²) in [5.41, 5.74) is 1.23. The zero-order chi connectivity index (χ0) is 12.1. The SMILES string of the molecule is CCCn1nccc1C1CC(NCC)CCO1. The Bertz CT molecular complexity index is 335. The van der Waals surface area contributed by atoms with Gasteiger partial charge < -0.3 is 10.1 Å². The van der Waals surface area contributed by atoms with Gasteiger partial charge in [0.25, 0.3) is 0 Å². The second-order valence-corrected chi connectivity index (χ2v) is 4.62. The molecule has 2 unspecified atom stereocenters. The van der Waals surface area contributed by atoms with Crippen LogP contribution >= 0.6 is 0 Å². The minimum absolute atomic E-state index is 0.210. The lowest BCUT2D eigenvalue weighted by atomic mass is 10.0. The highest BCUT2D eigenvalue weighted by atomic mass is 16.5. The molecule has 0 saturated carbocycles. The molecule has 0 amide bonds. The molecule has 0 radical (unpaired) electrons. The molecule has 1 aromatic rings. The van der Waals surface area contributed by atoms with Crippen molar-refractivity contribution in [2.45, 2.75) is 51.8 Å². The van der Waals surface area contributed by atoms with Crippen molar-refractivity contribution in [2.75, 3.05) is 13.2 Å². The van der Waals surface area contributed by atoms with Crippen molar-refractivity contribution in [3.05, 3.63) is 18.0 Å². The molecule has 1 aliphatic heterocycles. The van der Waals surface area contributed by atoms with Crippen LogP contribution in [0.1, 0.15) is 44.9 Å². The van der Waals surface area contributed by atoms with Gasteiger partial charge in [0.2, 0.25) is 0 Å². The van der Waals surface area contributed by atoms with Crippen LogP contribution in [0.4, 0.5) is 0 Å². The highest BCUT2D eigenvalue weighted by Crippen LogP contribution is 2.27. The van der Waals surface area contributed by atoms with E-state index in [-0.39, 0.29) is 6.10 Å². The lowest BCUT2D eigenvalue weighted by Gasteiger charge is -2.30. The summed E-state index contributed by atoms with van der Waals surface area (Å²) in [4.78, 5) is 0. The van der Waals surface area contributed by atoms with Crippen molar-refractivity contribution < 1.29 is 4.74 Å². The van der Waals surface area contributed by atoms with Gasteiger partial charge >= 0.3 is 0 Å². The molecule has 96 valence electrons. The Morgan fingerprint density at radius 3 is 3.18 bits per heavy atom. The van der Waals surface area contributed by atoms with E-state index in [0.29, 0.717) is 6.04 Å². The van der Waals surface area contributed by atoms with Crippen LogP contribution < -0.4 is 5.32 Å². The second kappa shape index (κ2) is 6.17. The average molecular weight is 237 g/mol. The Balaban J connectivity index is 2.02. The number of nitrogens with zero attached hydrogens (tertiary/aromatic N) is 2. The van der Waals surface area contributed by atoms with Gasteiger partial charge in [-0.1, -0.05) is 13.8 Å². The lowest BCUT2D eigenvalue weighted by molar-refractivity contribution is -0.00452. The van der Waals surface area contributed by atoms with Gasteiger partial charge in [0.1, 0.15) is 6.10 Å². The molecule has 2 rings (SSSR count). The first-order valence-electron chi connectivity index (χ1n) is 6.71. The van der Waals surface area contributed by atoms with Crippen molar-refractivity contribution in [3.8, 4) is 0 Å². The van der Waals surface area contributed by atoms with Gasteiger partial charge in [0.15, 0.2) is 0 Å². The zero-order valence-corrected chi connectivity index (χ0v) is 10.9. The molecule has 0 aromatic carbocycles. The highest BCUT2D eigenvalue weighted by Gasteiger charge is 2.25. The average Bonchev–Trinajstić information content (AvgIpc) is 2.79. The molecule has 4 heteroatoms. The van der Waals surface area contributed by atoms with Crippen LogP contribution in [0.2, 0.25) is 0 Å². The molecular weight excluding hydrogens is 214 g/mol. The molecule has 17 heavy (non-hydrogen) atoms. The standard InChI is InChI=1S/C13H23N3O/c1-3-8-16-12(5-7-15-16)13-10-11(14-4-2)6-9-17-13/h5,7,11,13-14H,3-4,6,8-10H2,1-2H3. The Kier molecular flexibility index (Phi) is 4.57. The number of nitrogens with one attached hydrogen (secondary N) is 1. The molecule has 0 aliphatic carbocycles. The maximum absolute atomic E-state index is 5.89. The van der Waals surface area contributed by atoms with Gasteiger partial charge in [-0.05, 0) is 31.9 Å². The molecule has 4 nitrogen and oxygen atoms in total. The third-order valence-corrected chi connectivity index (χ3v) is 3.29. The summed E-state index contributed by atoms with van der Waals surface area (Å²) in [7, 11) is 0. The number of aryl methyl sites for hydroxylation is 1. The maximum Gasteiger partial charge on any atom is 0.101 e. The van der Waals surface area contributed by atoms with Crippen LogP contribution in [0.3, 0.4) is 0 Å². The minimum Gasteiger partial charge on any atom is -0.372 e. The Morgan fingerprint density at radius 1 is 1.53 bits per heavy atom. The Hall–Kier alpha value is -0.870. The van der Waals surface area contributed by atoms with Crippen molar-refractivity contribution in [2.24, 2.45) is 0 Å². The second-order valence-electron chi connectivity index (χ2n) is 4.62. The van der Waals surface area contributed by atoms with E-state index >= 15 is 0 Å². The highest BCUT2D eigenvalue weighted by molar-refractivity contribution is 5.06. The predicted octanol–water partition coefficient (Wildman–Crippen LogP) is 2.12. The molecular formula is C13H23N3O. The summed E-state index contributed by atoms with van der Waals surface area (Å²) >= 11 is 0. The van der Waals surface area contributed by atoms with E-state index in [1.165, 1.54) is 5.69 Å². The Morgan fingerprint density at radius 2 is 2.41 bits per heavy atom. The minimum atomic E-state index is 0.210. The van der Waals surface area contributed by atoms with Gasteiger partial charge in [0, 0.05) is 25.4 Å². The largest absolute Gasteiger partial charge is 0.372 e. The third-order valence-electron chi connectivity index (χ3n) is 3.29. The van der Waals surface area contributed by atoms with Crippen LogP contribution in [-0.2, 0) is 11.3 Å². The van der Waals surface area contributed by atoms with Crippen molar-refractivity contribution in [1.82, 2.24) is 15.1 Å². The first-order chi connectivity index (χ1) is 8.35. The fourth-order valence-corrected chi connectivity index (χ4v) is 2.49. The predicted molar refractivity (Wildman–Crippen MR) is 67.9 cm³/mol. The first-order valence-corrected chi connectivity index (χ1v) is 6.71. The smallest absolute Gasteiger partial charge is 0.101 e. The number of hydrogen-bond donors (Lipinski definition) is 1. The van der Waals surface area contributed by atoms with Gasteiger partial charge in [-0.3, -0.25) is 4.68 Å². The van der Waals surface area contributed by atoms with E-state index in [9.17, 15) is 0 Å². The Labute approximate surface area is 103 Å². The monoisotopic (exact) mass is 237 g/mol. The van der Waals surface area contributed by atoms with Crippen LogP contribution in [0.25, 0.3) is 0 Å². The van der Waals surface area contributed by atoms with E-state index in [1.54, 1.807) is 0 Å². The fourth-order valence-electron chi connectivity index (χ4n) is 2.49. The van der Waals surface area contributed by atoms with Crippen LogP contribution in [0.15, 0.2) is 12.3 Å². The van der Waals surface area contributed by atoms with E-state index in [4.69, 9.17) is 4.74 Å². The molecule has 2 atom stereocenters. The summed E-state index contributed by atoms with van der Waals surface area (Å²) < 4.78 is 7.97. The molecule has 1 aromatic heterocycles. The third kappa shape index (κ3) is 3.07. The van der Waals surface area contributed by atoms with E-state index in [1.807, 2.05) is 6.20 Å². The molecule has 1 fully saturated rings. The summed E-state index contributed by atoms with van der Waals surface area (Å²) in [6.45, 7) is 7.19. The fraction of sp³-hybridized carbons (Fsp3) is 0.769. The molecule has 1 aliphatic rings. The first kappa shape index (κ1) is 12.6. The van der Waals surface area contributed by atoms with Crippen LogP contribution in [0.5, 0.6) is 0 Å². The molecule has 1 saturated heterocycles. The lowest BCUT2D eigenvalue weighted by Crippen LogP contribution is -2.36. The zero-order valence-electron chi connectivity index (χ0n) is 10.9. The van der Waals surface area contributed by atoms with Gasteiger partial charge in [-0.2, -0.15) is 5.10 Å². The topological polar surface area (TPSA) is 39.1 Å². The van der Waals surface area contributed by atoms with E-state index in [0.717, 1.165) is 39.0 Å². The number of aromatic nitrogens is 2. The van der Waals surface area contributed by atoms with Gasteiger partial charge in [-0.25, -0.2) is 0 Å². The van der Waals surface area contributed by atoms with Crippen molar-refractivity contribution in [3.63, 3.8) is 0 Å². The van der Waals surface area contributed by atoms with Gasteiger partial charge in [0.05, 0.1) is 5.69 Å². The molecule has 0 bridgehead atoms. The van der Waals surface area contributed by atoms with E-state index in [2.05, 4.69) is 35.0 Å². The number of rotatable bonds is 5. The van der Waals surface area contributed by atoms with Crippen LogP contribution in [0, 0.1) is 0 Å². The quantitative estimate of drug-likeness (QED) is 0.852. The summed E-state index contributed by atoms with van der Waals surface area (Å²) in [5, 5.41) is 7.89. The molecule has 1 N–H and O–H groups in total. The number of ether oxygens (including phenoxy) is 1. The molecule has 0 spiro atoms. The van der Waals surface area contributed by atoms with Crippen molar-refractivity contribution in [1.29, 1.82) is 0 Å². The van der Waals surface area contributed by atoms with E-state index < -0.39 is 0 Å². The summed E-state index contributed by atoms with van der Waals surface area (Å²) in [6.07, 6.45) is 5.38. The maximum atomic E-state index is 5.89. The van der Waals surface area contributed by atoms with Gasteiger partial charge in [-0.15, -0.1) is 0 Å². The summed E-state index contributed by atoms with van der Waals surface area (Å²) in [6, 6.07) is 2.68. The van der Waals surface area contributed by atoms with Crippen LogP contribution in [-0.4, -0.2) is 29.0 Å². The van der Waals surface area contributed by atoms with Crippen molar-refractivity contribution >= 4 is 0 Å². The molecule has 2 heterocycles. The normalized spacial score (nSPS) is 25.1. The number of hydrogen-bond acceptors (Lipinski definition) is 3. The summed E-state index contributed by atoms with van der Waals surface area (Å²) in [5.74, 6) is 0.